The second kappa shape index (κ2) is 5.98. The molecule has 0 bridgehead atoms. The van der Waals surface area contributed by atoms with Crippen LogP contribution in [0.15, 0.2) is 18.3 Å². The third-order valence-corrected chi connectivity index (χ3v) is 3.18. The molecule has 1 aromatic heterocycles. The Hall–Kier alpha value is -1.13. The van der Waals surface area contributed by atoms with Crippen LogP contribution in [0.4, 0.5) is 5.82 Å². The zero-order valence-corrected chi connectivity index (χ0v) is 10.6. The predicted molar refractivity (Wildman–Crippen MR) is 69.1 cm³/mol. The lowest BCUT2D eigenvalue weighted by atomic mass is 10.2. The van der Waals surface area contributed by atoms with Gasteiger partial charge in [-0.1, -0.05) is 6.07 Å². The molecule has 1 unspecified atom stereocenters. The number of aromatic nitrogens is 1. The molecule has 0 aromatic carbocycles. The Morgan fingerprint density at radius 1 is 1.59 bits per heavy atom. The zero-order valence-electron chi connectivity index (χ0n) is 10.6. The lowest BCUT2D eigenvalue weighted by Gasteiger charge is -2.23. The molecule has 94 valence electrons. The average Bonchev–Trinajstić information content (AvgIpc) is 2.85. The van der Waals surface area contributed by atoms with Crippen LogP contribution in [-0.4, -0.2) is 42.7 Å². The van der Waals surface area contributed by atoms with Crippen LogP contribution in [0.2, 0.25) is 0 Å². The maximum Gasteiger partial charge on any atom is 0.130 e. The van der Waals surface area contributed by atoms with Gasteiger partial charge in [-0.25, -0.2) is 4.98 Å². The molecule has 2 rings (SSSR count). The summed E-state index contributed by atoms with van der Waals surface area (Å²) in [6.45, 7) is 5.66. The summed E-state index contributed by atoms with van der Waals surface area (Å²) in [6.07, 6.45) is 2.97. The number of likely N-dealkylation sites (N-methyl/N-ethyl adjacent to an activating group) is 1. The summed E-state index contributed by atoms with van der Waals surface area (Å²) in [5.41, 5.74) is 1.25. The van der Waals surface area contributed by atoms with Gasteiger partial charge in [0.2, 0.25) is 0 Å². The summed E-state index contributed by atoms with van der Waals surface area (Å²) >= 11 is 0. The van der Waals surface area contributed by atoms with E-state index in [9.17, 15) is 0 Å². The lowest BCUT2D eigenvalue weighted by molar-refractivity contribution is 0.156. The molecule has 0 saturated carbocycles. The molecule has 0 radical (unpaired) electrons. The van der Waals surface area contributed by atoms with Crippen LogP contribution in [0, 0.1) is 0 Å². The van der Waals surface area contributed by atoms with Crippen molar-refractivity contribution in [2.75, 3.05) is 32.1 Å². The van der Waals surface area contributed by atoms with Crippen molar-refractivity contribution in [1.82, 2.24) is 9.88 Å². The summed E-state index contributed by atoms with van der Waals surface area (Å²) in [6, 6.07) is 4.68. The molecule has 0 amide bonds. The largest absolute Gasteiger partial charge is 0.380 e. The SMILES string of the molecule is CCNc1ncccc1CN(C)C1CCOC1. The highest BCUT2D eigenvalue weighted by Gasteiger charge is 2.20. The fourth-order valence-corrected chi connectivity index (χ4v) is 2.16. The topological polar surface area (TPSA) is 37.4 Å². The summed E-state index contributed by atoms with van der Waals surface area (Å²) in [5.74, 6) is 1.00. The Balaban J connectivity index is 2.01. The van der Waals surface area contributed by atoms with Crippen molar-refractivity contribution < 1.29 is 4.74 Å². The van der Waals surface area contributed by atoms with E-state index in [4.69, 9.17) is 4.74 Å². The smallest absolute Gasteiger partial charge is 0.130 e. The highest BCUT2D eigenvalue weighted by Crippen LogP contribution is 2.17. The van der Waals surface area contributed by atoms with Gasteiger partial charge in [-0.3, -0.25) is 4.90 Å². The number of ether oxygens (including phenoxy) is 1. The van der Waals surface area contributed by atoms with Crippen LogP contribution in [0.5, 0.6) is 0 Å². The summed E-state index contributed by atoms with van der Waals surface area (Å²) in [5, 5.41) is 3.30. The number of nitrogens with zero attached hydrogens (tertiary/aromatic N) is 2. The summed E-state index contributed by atoms with van der Waals surface area (Å²) in [4.78, 5) is 6.73. The van der Waals surface area contributed by atoms with E-state index in [1.165, 1.54) is 5.56 Å². The van der Waals surface area contributed by atoms with Gasteiger partial charge in [-0.15, -0.1) is 0 Å². The van der Waals surface area contributed by atoms with Gasteiger partial charge in [0.1, 0.15) is 5.82 Å². The molecular weight excluding hydrogens is 214 g/mol. The number of anilines is 1. The van der Waals surface area contributed by atoms with Crippen LogP contribution in [-0.2, 0) is 11.3 Å². The summed E-state index contributed by atoms with van der Waals surface area (Å²) < 4.78 is 5.42. The molecule has 1 N–H and O–H groups in total. The van der Waals surface area contributed by atoms with Crippen molar-refractivity contribution in [1.29, 1.82) is 0 Å². The van der Waals surface area contributed by atoms with Crippen LogP contribution < -0.4 is 5.32 Å². The van der Waals surface area contributed by atoms with E-state index in [0.29, 0.717) is 6.04 Å². The van der Waals surface area contributed by atoms with E-state index < -0.39 is 0 Å². The Labute approximate surface area is 103 Å². The van der Waals surface area contributed by atoms with Crippen molar-refractivity contribution in [3.63, 3.8) is 0 Å². The van der Waals surface area contributed by atoms with Gasteiger partial charge in [0, 0.05) is 37.5 Å². The molecule has 1 fully saturated rings. The monoisotopic (exact) mass is 235 g/mol. The summed E-state index contributed by atoms with van der Waals surface area (Å²) in [7, 11) is 2.15. The standard InChI is InChI=1S/C13H21N3O/c1-3-14-13-11(5-4-7-15-13)9-16(2)12-6-8-17-10-12/h4-5,7,12H,3,6,8-10H2,1-2H3,(H,14,15). The van der Waals surface area contributed by atoms with E-state index in [1.807, 2.05) is 12.3 Å². The molecule has 1 atom stereocenters. The van der Waals surface area contributed by atoms with Crippen molar-refractivity contribution >= 4 is 5.82 Å². The fourth-order valence-electron chi connectivity index (χ4n) is 2.16. The minimum Gasteiger partial charge on any atom is -0.380 e. The molecule has 1 saturated heterocycles. The first-order valence-electron chi connectivity index (χ1n) is 6.27. The third-order valence-electron chi connectivity index (χ3n) is 3.18. The van der Waals surface area contributed by atoms with Crippen molar-refractivity contribution in [3.05, 3.63) is 23.9 Å². The molecule has 1 aliphatic heterocycles. The Morgan fingerprint density at radius 3 is 3.18 bits per heavy atom. The molecule has 0 aliphatic carbocycles. The zero-order chi connectivity index (χ0) is 12.1. The maximum atomic E-state index is 5.42. The van der Waals surface area contributed by atoms with Gasteiger partial charge in [-0.2, -0.15) is 0 Å². The predicted octanol–water partition coefficient (Wildman–Crippen LogP) is 1.73. The highest BCUT2D eigenvalue weighted by molar-refractivity contribution is 5.43. The van der Waals surface area contributed by atoms with Gasteiger partial charge >= 0.3 is 0 Å². The Morgan fingerprint density at radius 2 is 2.47 bits per heavy atom. The number of nitrogens with one attached hydrogen (secondary N) is 1. The quantitative estimate of drug-likeness (QED) is 0.843. The van der Waals surface area contributed by atoms with Crippen LogP contribution in [0.1, 0.15) is 18.9 Å². The van der Waals surface area contributed by atoms with Gasteiger partial charge in [0.15, 0.2) is 0 Å². The Bertz CT molecular complexity index is 350. The number of hydrogen-bond acceptors (Lipinski definition) is 4. The second-order valence-corrected chi connectivity index (χ2v) is 4.47. The van der Waals surface area contributed by atoms with Crippen molar-refractivity contribution in [2.24, 2.45) is 0 Å². The molecule has 2 heterocycles. The Kier molecular flexibility index (Phi) is 4.34. The van der Waals surface area contributed by atoms with Crippen molar-refractivity contribution in [2.45, 2.75) is 25.9 Å². The van der Waals surface area contributed by atoms with E-state index in [1.54, 1.807) is 0 Å². The molecule has 0 spiro atoms. The molecule has 17 heavy (non-hydrogen) atoms. The van der Waals surface area contributed by atoms with E-state index in [2.05, 4.69) is 35.2 Å². The average molecular weight is 235 g/mol. The second-order valence-electron chi connectivity index (χ2n) is 4.47. The van der Waals surface area contributed by atoms with Gasteiger partial charge in [0.05, 0.1) is 6.61 Å². The minimum atomic E-state index is 0.546. The number of pyridine rings is 1. The molecular formula is C13H21N3O. The van der Waals surface area contributed by atoms with Gasteiger partial charge in [0.25, 0.3) is 0 Å². The molecule has 4 nitrogen and oxygen atoms in total. The van der Waals surface area contributed by atoms with E-state index >= 15 is 0 Å². The van der Waals surface area contributed by atoms with Gasteiger partial charge < -0.3 is 10.1 Å². The number of hydrogen-bond donors (Lipinski definition) is 1. The fraction of sp³-hybridized carbons (Fsp3) is 0.615. The minimum absolute atomic E-state index is 0.546. The molecule has 1 aliphatic rings. The van der Waals surface area contributed by atoms with Crippen LogP contribution in [0.3, 0.4) is 0 Å². The van der Waals surface area contributed by atoms with E-state index in [0.717, 1.165) is 38.5 Å². The third kappa shape index (κ3) is 3.17. The van der Waals surface area contributed by atoms with Crippen LogP contribution >= 0.6 is 0 Å². The maximum absolute atomic E-state index is 5.42. The first-order chi connectivity index (χ1) is 8.31. The molecule has 4 heteroatoms. The van der Waals surface area contributed by atoms with Crippen LogP contribution in [0.25, 0.3) is 0 Å². The van der Waals surface area contributed by atoms with Gasteiger partial charge in [-0.05, 0) is 26.5 Å². The highest BCUT2D eigenvalue weighted by atomic mass is 16.5. The normalized spacial score (nSPS) is 19.8. The molecule has 1 aromatic rings. The first kappa shape index (κ1) is 12.3. The lowest BCUT2D eigenvalue weighted by Crippen LogP contribution is -2.31. The van der Waals surface area contributed by atoms with E-state index in [-0.39, 0.29) is 0 Å². The first-order valence-corrected chi connectivity index (χ1v) is 6.27. The number of rotatable bonds is 5. The van der Waals surface area contributed by atoms with Crippen molar-refractivity contribution in [3.8, 4) is 0 Å².